The van der Waals surface area contributed by atoms with Gasteiger partial charge in [0.15, 0.2) is 5.11 Å². The monoisotopic (exact) mass is 433 g/mol. The Balaban J connectivity index is 1.58. The number of hydrogen-bond acceptors (Lipinski definition) is 4. The number of nitrogens with zero attached hydrogens (tertiary/aromatic N) is 3. The van der Waals surface area contributed by atoms with Crippen LogP contribution in [-0.4, -0.2) is 52.0 Å². The van der Waals surface area contributed by atoms with E-state index >= 15 is 0 Å². The number of aromatic nitrogens is 1. The molecule has 1 aliphatic rings. The van der Waals surface area contributed by atoms with Gasteiger partial charge in [-0.3, -0.25) is 19.4 Å². The largest absolute Gasteiger partial charge is 0.494 e. The van der Waals surface area contributed by atoms with Crippen molar-refractivity contribution in [1.82, 2.24) is 14.4 Å². The van der Waals surface area contributed by atoms with Crippen LogP contribution in [0.5, 0.6) is 5.75 Å². The van der Waals surface area contributed by atoms with Crippen LogP contribution in [0, 0.1) is 0 Å². The minimum Gasteiger partial charge on any atom is -0.494 e. The van der Waals surface area contributed by atoms with Gasteiger partial charge in [-0.25, -0.2) is 0 Å². The second kappa shape index (κ2) is 8.73. The van der Waals surface area contributed by atoms with Crippen molar-refractivity contribution >= 4 is 46.1 Å². The molecule has 6 nitrogen and oxygen atoms in total. The Morgan fingerprint density at radius 3 is 2.29 bits per heavy atom. The van der Waals surface area contributed by atoms with Crippen molar-refractivity contribution in [1.29, 1.82) is 0 Å². The molecular weight excluding hydrogens is 410 g/mol. The molecule has 0 aliphatic carbocycles. The zero-order valence-corrected chi connectivity index (χ0v) is 18.3. The molecule has 158 valence electrons. The third-order valence-electron chi connectivity index (χ3n) is 5.32. The summed E-state index contributed by atoms with van der Waals surface area (Å²) in [6, 6.07) is 17.7. The van der Waals surface area contributed by atoms with Crippen LogP contribution in [-0.2, 0) is 16.1 Å². The number of para-hydroxylation sites is 2. The number of thiocarbonyl (C=S) groups is 1. The number of fused-ring (bicyclic) bond motifs is 1. The Morgan fingerprint density at radius 1 is 0.935 bits per heavy atom. The second-order valence-electron chi connectivity index (χ2n) is 7.38. The summed E-state index contributed by atoms with van der Waals surface area (Å²) in [5.74, 6) is 0.0770. The first-order valence-electron chi connectivity index (χ1n) is 10.0. The van der Waals surface area contributed by atoms with Gasteiger partial charge in [0, 0.05) is 43.3 Å². The van der Waals surface area contributed by atoms with Gasteiger partial charge >= 0.3 is 0 Å². The van der Waals surface area contributed by atoms with Crippen molar-refractivity contribution < 1.29 is 14.3 Å². The molecule has 0 atom stereocenters. The summed E-state index contributed by atoms with van der Waals surface area (Å²) in [5.41, 5.74) is 1.97. The van der Waals surface area contributed by atoms with Crippen molar-refractivity contribution in [3.8, 4) is 5.75 Å². The number of likely N-dealkylation sites (N-methyl/N-ethyl adjacent to an activating group) is 2. The number of ether oxygens (including phenoxy) is 1. The average molecular weight is 434 g/mol. The highest BCUT2D eigenvalue weighted by atomic mass is 32.1. The fourth-order valence-corrected chi connectivity index (χ4v) is 3.81. The van der Waals surface area contributed by atoms with E-state index in [0.717, 1.165) is 35.2 Å². The summed E-state index contributed by atoms with van der Waals surface area (Å²) < 4.78 is 7.92. The molecule has 2 aromatic carbocycles. The first-order chi connectivity index (χ1) is 15.0. The number of benzene rings is 2. The van der Waals surface area contributed by atoms with E-state index in [9.17, 15) is 9.59 Å². The number of carbonyl (C=O) groups excluding carboxylic acids is 2. The van der Waals surface area contributed by atoms with Crippen LogP contribution < -0.4 is 4.74 Å². The molecule has 1 aliphatic heterocycles. The summed E-state index contributed by atoms with van der Waals surface area (Å²) in [7, 11) is 3.16. The lowest BCUT2D eigenvalue weighted by atomic mass is 10.1. The smallest absolute Gasteiger partial charge is 0.265 e. The van der Waals surface area contributed by atoms with Crippen LogP contribution in [0.1, 0.15) is 12.0 Å². The Morgan fingerprint density at radius 2 is 1.58 bits per heavy atom. The number of aryl methyl sites for hydroxylation is 1. The third kappa shape index (κ3) is 4.09. The molecule has 2 heterocycles. The molecule has 1 aromatic heterocycles. The second-order valence-corrected chi connectivity index (χ2v) is 7.74. The van der Waals surface area contributed by atoms with E-state index < -0.39 is 0 Å². The molecule has 0 N–H and O–H groups in total. The first-order valence-corrected chi connectivity index (χ1v) is 10.5. The number of amides is 2. The van der Waals surface area contributed by atoms with E-state index in [-0.39, 0.29) is 22.5 Å². The molecule has 2 amide bonds. The maximum Gasteiger partial charge on any atom is 0.265 e. The quantitative estimate of drug-likeness (QED) is 0.257. The molecule has 0 unspecified atom stereocenters. The van der Waals surface area contributed by atoms with Gasteiger partial charge in [-0.2, -0.15) is 0 Å². The Kier molecular flexibility index (Phi) is 5.86. The predicted molar refractivity (Wildman–Crippen MR) is 125 cm³/mol. The summed E-state index contributed by atoms with van der Waals surface area (Å²) in [4.78, 5) is 28.0. The minimum absolute atomic E-state index is 0.105. The predicted octanol–water partition coefficient (Wildman–Crippen LogP) is 3.71. The van der Waals surface area contributed by atoms with Crippen molar-refractivity contribution in [2.45, 2.75) is 13.0 Å². The molecule has 0 radical (unpaired) electrons. The molecule has 0 spiro atoms. The van der Waals surface area contributed by atoms with E-state index in [2.05, 4.69) is 4.57 Å². The van der Waals surface area contributed by atoms with Gasteiger partial charge in [-0.05, 0) is 42.9 Å². The fraction of sp³-hybridized carbons (Fsp3) is 0.208. The maximum atomic E-state index is 12.7. The first kappa shape index (κ1) is 20.8. The standard InChI is InChI=1S/C24H23N3O3S/c1-25-22(28)20(23(29)26(2)24(25)31)15-17-16-27(21-12-7-6-11-19(17)21)13-8-14-30-18-9-4-3-5-10-18/h3-7,9-12,15-16H,8,13-14H2,1-2H3. The van der Waals surface area contributed by atoms with Gasteiger partial charge in [0.25, 0.3) is 11.8 Å². The summed E-state index contributed by atoms with van der Waals surface area (Å²) in [6.07, 6.45) is 4.47. The average Bonchev–Trinajstić information content (AvgIpc) is 3.15. The van der Waals surface area contributed by atoms with Crippen molar-refractivity contribution in [2.24, 2.45) is 0 Å². The van der Waals surface area contributed by atoms with Crippen molar-refractivity contribution in [2.75, 3.05) is 20.7 Å². The van der Waals surface area contributed by atoms with Crippen LogP contribution in [0.4, 0.5) is 0 Å². The third-order valence-corrected chi connectivity index (χ3v) is 5.87. The molecule has 1 saturated heterocycles. The molecule has 3 aromatic rings. The highest BCUT2D eigenvalue weighted by Crippen LogP contribution is 2.26. The van der Waals surface area contributed by atoms with E-state index in [1.165, 1.54) is 9.80 Å². The molecule has 0 bridgehead atoms. The van der Waals surface area contributed by atoms with Gasteiger partial charge in [-0.1, -0.05) is 36.4 Å². The number of rotatable bonds is 6. The topological polar surface area (TPSA) is 54.8 Å². The minimum atomic E-state index is -0.388. The molecule has 4 rings (SSSR count). The summed E-state index contributed by atoms with van der Waals surface area (Å²) in [5, 5.41) is 1.19. The summed E-state index contributed by atoms with van der Waals surface area (Å²) in [6.45, 7) is 1.35. The molecule has 1 fully saturated rings. The van der Waals surface area contributed by atoms with E-state index in [1.807, 2.05) is 60.8 Å². The normalized spacial score (nSPS) is 14.5. The van der Waals surface area contributed by atoms with Gasteiger partial charge in [-0.15, -0.1) is 0 Å². The highest BCUT2D eigenvalue weighted by molar-refractivity contribution is 7.80. The fourth-order valence-electron chi connectivity index (χ4n) is 3.65. The van der Waals surface area contributed by atoms with Gasteiger partial charge in [0.1, 0.15) is 11.3 Å². The van der Waals surface area contributed by atoms with Crippen LogP contribution >= 0.6 is 12.2 Å². The van der Waals surface area contributed by atoms with Crippen molar-refractivity contribution in [3.05, 3.63) is 71.9 Å². The van der Waals surface area contributed by atoms with Gasteiger partial charge < -0.3 is 9.30 Å². The zero-order chi connectivity index (χ0) is 22.0. The number of carbonyl (C=O) groups is 2. The highest BCUT2D eigenvalue weighted by Gasteiger charge is 2.35. The Bertz CT molecular complexity index is 1160. The van der Waals surface area contributed by atoms with Gasteiger partial charge in [0.2, 0.25) is 0 Å². The Labute approximate surface area is 186 Å². The molecule has 0 saturated carbocycles. The van der Waals surface area contributed by atoms with Crippen LogP contribution in [0.25, 0.3) is 17.0 Å². The molecule has 7 heteroatoms. The van der Waals surface area contributed by atoms with Crippen molar-refractivity contribution in [3.63, 3.8) is 0 Å². The van der Waals surface area contributed by atoms with E-state index in [1.54, 1.807) is 20.2 Å². The van der Waals surface area contributed by atoms with Gasteiger partial charge in [0.05, 0.1) is 6.61 Å². The number of hydrogen-bond donors (Lipinski definition) is 0. The van der Waals surface area contributed by atoms with Crippen LogP contribution in [0.15, 0.2) is 66.4 Å². The SMILES string of the molecule is CN1C(=O)C(=Cc2cn(CCCOc3ccccc3)c3ccccc23)C(=O)N(C)C1=S. The maximum absolute atomic E-state index is 12.7. The summed E-state index contributed by atoms with van der Waals surface area (Å²) >= 11 is 5.17. The lowest BCUT2D eigenvalue weighted by molar-refractivity contribution is -0.132. The molecular formula is C24H23N3O3S. The zero-order valence-electron chi connectivity index (χ0n) is 17.4. The van der Waals surface area contributed by atoms with E-state index in [0.29, 0.717) is 6.61 Å². The molecule has 31 heavy (non-hydrogen) atoms. The van der Waals surface area contributed by atoms with Crippen LogP contribution in [0.3, 0.4) is 0 Å². The lowest BCUT2D eigenvalue weighted by Crippen LogP contribution is -2.52. The lowest BCUT2D eigenvalue weighted by Gasteiger charge is -2.31. The van der Waals surface area contributed by atoms with Crippen LogP contribution in [0.2, 0.25) is 0 Å². The Hall–Kier alpha value is -3.45. The van der Waals surface area contributed by atoms with E-state index in [4.69, 9.17) is 17.0 Å².